The molecule has 0 N–H and O–H groups in total. The number of Topliss-reactive ketones (excluding diaryl/α,β-unsaturated/α-hetero) is 1. The Hall–Kier alpha value is -1.81. The molecule has 2 aliphatic carbocycles. The Morgan fingerprint density at radius 1 is 1.17 bits per heavy atom. The molecule has 1 saturated heterocycles. The van der Waals surface area contributed by atoms with Crippen LogP contribution in [-0.4, -0.2) is 42.3 Å². The van der Waals surface area contributed by atoms with Crippen molar-refractivity contribution in [3.8, 4) is 0 Å². The molecule has 1 heterocycles. The lowest BCUT2D eigenvalue weighted by Gasteiger charge is -2.33. The minimum Gasteiger partial charge on any atom is -0.458 e. The van der Waals surface area contributed by atoms with E-state index in [1.165, 1.54) is 0 Å². The number of hydrogen-bond donors (Lipinski definition) is 0. The van der Waals surface area contributed by atoms with Crippen molar-refractivity contribution in [1.82, 2.24) is 0 Å². The summed E-state index contributed by atoms with van der Waals surface area (Å²) in [7, 11) is 0. The van der Waals surface area contributed by atoms with Crippen molar-refractivity contribution < 1.29 is 50.2 Å². The zero-order valence-corrected chi connectivity index (χ0v) is 16.5. The Labute approximate surface area is 168 Å². The van der Waals surface area contributed by atoms with Crippen LogP contribution in [0.5, 0.6) is 0 Å². The Bertz CT molecular complexity index is 743. The van der Waals surface area contributed by atoms with Crippen LogP contribution in [-0.2, 0) is 23.9 Å². The Kier molecular flexibility index (Phi) is 5.22. The van der Waals surface area contributed by atoms with Gasteiger partial charge >= 0.3 is 24.3 Å². The zero-order valence-electron chi connectivity index (χ0n) is 16.5. The van der Waals surface area contributed by atoms with E-state index < -0.39 is 77.3 Å². The average molecular weight is 444 g/mol. The van der Waals surface area contributed by atoms with E-state index >= 15 is 0 Å². The smallest absolute Gasteiger partial charge is 0.400 e. The molecular formula is C19H22F6O5. The third kappa shape index (κ3) is 3.37. The molecule has 0 amide bonds. The van der Waals surface area contributed by atoms with Crippen molar-refractivity contribution in [2.24, 2.45) is 28.6 Å². The van der Waals surface area contributed by atoms with E-state index in [1.807, 2.05) is 0 Å². The molecule has 5 nitrogen and oxygen atoms in total. The Balaban J connectivity index is 1.81. The van der Waals surface area contributed by atoms with Gasteiger partial charge in [0.15, 0.2) is 11.7 Å². The van der Waals surface area contributed by atoms with Crippen LogP contribution in [0.25, 0.3) is 0 Å². The van der Waals surface area contributed by atoms with Gasteiger partial charge in [0.05, 0.1) is 5.41 Å². The highest BCUT2D eigenvalue weighted by molar-refractivity contribution is 6.06. The van der Waals surface area contributed by atoms with Gasteiger partial charge < -0.3 is 9.47 Å². The van der Waals surface area contributed by atoms with Crippen molar-refractivity contribution in [3.05, 3.63) is 0 Å². The van der Waals surface area contributed by atoms with Crippen molar-refractivity contribution in [1.29, 1.82) is 0 Å². The van der Waals surface area contributed by atoms with Crippen LogP contribution < -0.4 is 0 Å². The first kappa shape index (κ1) is 22.9. The number of fused-ring (bicyclic) bond motifs is 1. The topological polar surface area (TPSA) is 69.7 Å². The van der Waals surface area contributed by atoms with Gasteiger partial charge in [-0.15, -0.1) is 0 Å². The minimum atomic E-state index is -5.67. The summed E-state index contributed by atoms with van der Waals surface area (Å²) >= 11 is 0. The molecule has 3 aliphatic rings. The summed E-state index contributed by atoms with van der Waals surface area (Å²) in [6.45, 7) is 5.09. The highest BCUT2D eigenvalue weighted by Crippen LogP contribution is 2.64. The second-order valence-electron chi connectivity index (χ2n) is 9.02. The summed E-state index contributed by atoms with van der Waals surface area (Å²) in [5.41, 5.74) is -2.85. The quantitative estimate of drug-likeness (QED) is 0.352. The van der Waals surface area contributed by atoms with E-state index in [4.69, 9.17) is 9.47 Å². The average Bonchev–Trinajstić information content (AvgIpc) is 3.19. The van der Waals surface area contributed by atoms with Gasteiger partial charge in [-0.1, -0.05) is 6.92 Å². The van der Waals surface area contributed by atoms with Crippen LogP contribution >= 0.6 is 0 Å². The normalized spacial score (nSPS) is 33.2. The Morgan fingerprint density at radius 3 is 2.23 bits per heavy atom. The number of carbonyl (C=O) groups excluding carboxylic acids is 3. The number of halogens is 6. The third-order valence-corrected chi connectivity index (χ3v) is 6.92. The predicted molar refractivity (Wildman–Crippen MR) is 87.7 cm³/mol. The summed E-state index contributed by atoms with van der Waals surface area (Å²) in [6, 6.07) is 0. The molecule has 0 radical (unpaired) electrons. The van der Waals surface area contributed by atoms with Crippen LogP contribution in [0.3, 0.4) is 0 Å². The van der Waals surface area contributed by atoms with E-state index in [9.17, 15) is 40.7 Å². The molecule has 5 unspecified atom stereocenters. The molecular weight excluding hydrogens is 422 g/mol. The summed E-state index contributed by atoms with van der Waals surface area (Å²) in [5, 5.41) is 0. The molecule has 3 fully saturated rings. The number of rotatable bonds is 6. The van der Waals surface area contributed by atoms with Crippen molar-refractivity contribution in [2.45, 2.75) is 71.0 Å². The molecule has 2 bridgehead atoms. The molecule has 0 aromatic heterocycles. The van der Waals surface area contributed by atoms with E-state index in [0.29, 0.717) is 6.42 Å². The standard InChI is InChI=1S/C19H22F6O5/c1-4-16(2,3)14(27)29-12-8-5-9-13(12)30-15(28)17(9,7-8)11(26)6-10(18(20,21)22)19(23,24)25/h8-10,12-13H,4-7H2,1-3H3. The molecule has 3 rings (SSSR count). The number of ketones is 1. The second-order valence-corrected chi connectivity index (χ2v) is 9.02. The third-order valence-electron chi connectivity index (χ3n) is 6.92. The van der Waals surface area contributed by atoms with Crippen molar-refractivity contribution >= 4 is 17.7 Å². The van der Waals surface area contributed by atoms with Crippen LogP contribution in [0.2, 0.25) is 0 Å². The monoisotopic (exact) mass is 444 g/mol. The molecule has 30 heavy (non-hydrogen) atoms. The molecule has 11 heteroatoms. The molecule has 1 aliphatic heterocycles. The zero-order chi connectivity index (χ0) is 22.9. The SMILES string of the molecule is CCC(C)(C)C(=O)OC1C2CC3C1OC(=O)C3(C(=O)CC(C(F)(F)F)C(F)(F)F)C2. The van der Waals surface area contributed by atoms with Crippen molar-refractivity contribution in [3.63, 3.8) is 0 Å². The largest absolute Gasteiger partial charge is 0.458 e. The lowest BCUT2D eigenvalue weighted by Crippen LogP contribution is -2.48. The highest BCUT2D eigenvalue weighted by atomic mass is 19.4. The van der Waals surface area contributed by atoms with Gasteiger partial charge in [0, 0.05) is 18.3 Å². The maximum atomic E-state index is 12.9. The minimum absolute atomic E-state index is 0.162. The second kappa shape index (κ2) is 6.85. The fourth-order valence-corrected chi connectivity index (χ4v) is 4.76. The maximum Gasteiger partial charge on any atom is 0.400 e. The van der Waals surface area contributed by atoms with Gasteiger partial charge in [0.2, 0.25) is 0 Å². The first-order valence-electron chi connectivity index (χ1n) is 9.64. The van der Waals surface area contributed by atoms with Crippen LogP contribution in [0.4, 0.5) is 26.3 Å². The number of hydrogen-bond acceptors (Lipinski definition) is 5. The van der Waals surface area contributed by atoms with E-state index in [0.717, 1.165) is 0 Å². The first-order chi connectivity index (χ1) is 13.6. The molecule has 0 aromatic carbocycles. The lowest BCUT2D eigenvalue weighted by atomic mass is 9.68. The van der Waals surface area contributed by atoms with E-state index in [1.54, 1.807) is 20.8 Å². The van der Waals surface area contributed by atoms with E-state index in [-0.39, 0.29) is 12.8 Å². The number of carbonyl (C=O) groups is 3. The van der Waals surface area contributed by atoms with Gasteiger partial charge in [-0.05, 0) is 33.1 Å². The first-order valence-corrected chi connectivity index (χ1v) is 9.64. The van der Waals surface area contributed by atoms with Crippen LogP contribution in [0, 0.1) is 28.6 Å². The summed E-state index contributed by atoms with van der Waals surface area (Å²) in [6.07, 6.45) is -14.8. The van der Waals surface area contributed by atoms with E-state index in [2.05, 4.69) is 0 Å². The molecule has 0 spiro atoms. The lowest BCUT2D eigenvalue weighted by molar-refractivity contribution is -0.284. The Morgan fingerprint density at radius 2 is 1.73 bits per heavy atom. The molecule has 170 valence electrons. The summed E-state index contributed by atoms with van der Waals surface area (Å²) < 4.78 is 88.0. The molecule has 2 saturated carbocycles. The number of esters is 2. The number of alkyl halides is 6. The molecule has 0 aromatic rings. The highest BCUT2D eigenvalue weighted by Gasteiger charge is 2.75. The van der Waals surface area contributed by atoms with Crippen LogP contribution in [0.15, 0.2) is 0 Å². The van der Waals surface area contributed by atoms with Gasteiger partial charge in [-0.2, -0.15) is 26.3 Å². The summed E-state index contributed by atoms with van der Waals surface area (Å²) in [5.74, 6) is -8.37. The predicted octanol–water partition coefficient (Wildman–Crippen LogP) is 3.99. The van der Waals surface area contributed by atoms with Gasteiger partial charge in [0.25, 0.3) is 0 Å². The molecule has 5 atom stereocenters. The van der Waals surface area contributed by atoms with Gasteiger partial charge in [-0.25, -0.2) is 0 Å². The number of ether oxygens (including phenoxy) is 2. The van der Waals surface area contributed by atoms with Gasteiger partial charge in [0.1, 0.15) is 17.6 Å². The fourth-order valence-electron chi connectivity index (χ4n) is 4.76. The fraction of sp³-hybridized carbons (Fsp3) is 0.842. The van der Waals surface area contributed by atoms with Gasteiger partial charge in [-0.3, -0.25) is 14.4 Å². The summed E-state index contributed by atoms with van der Waals surface area (Å²) in [4.78, 5) is 37.5. The van der Waals surface area contributed by atoms with Crippen LogP contribution in [0.1, 0.15) is 46.5 Å². The van der Waals surface area contributed by atoms with Crippen molar-refractivity contribution in [2.75, 3.05) is 0 Å². The maximum absolute atomic E-state index is 12.9.